The van der Waals surface area contributed by atoms with E-state index in [-0.39, 0.29) is 23.9 Å². The molecule has 1 fully saturated rings. The van der Waals surface area contributed by atoms with Crippen molar-refractivity contribution in [2.75, 3.05) is 11.9 Å². The summed E-state index contributed by atoms with van der Waals surface area (Å²) in [7, 11) is 2.74. The summed E-state index contributed by atoms with van der Waals surface area (Å²) in [6.45, 7) is -0.369. The molecule has 1 saturated carbocycles. The summed E-state index contributed by atoms with van der Waals surface area (Å²) in [5.41, 5.74) is -1.49. The van der Waals surface area contributed by atoms with Crippen molar-refractivity contribution in [3.8, 4) is 6.07 Å². The molecule has 2 rings (SSSR count). The van der Waals surface area contributed by atoms with E-state index in [0.29, 0.717) is 0 Å². The largest absolute Gasteiger partial charge is 0.394 e. The lowest BCUT2D eigenvalue weighted by Crippen LogP contribution is -2.46. The number of aliphatic hydroxyl groups is 2. The Bertz CT molecular complexity index is 740. The molecule has 1 aromatic rings. The standard InChI is InChI=1S/C16H24N4O4/c1-19-14(11(8-17)15(23)20(2)16(19)24)18-12(9-21)13(22)10-6-4-3-5-7-10/h10,12-13,18,21-22H,3-7,9H2,1-2H3/t12-,13+/m1/s1. The Kier molecular flexibility index (Phi) is 5.80. The van der Waals surface area contributed by atoms with Gasteiger partial charge in [0.1, 0.15) is 11.9 Å². The first-order valence-corrected chi connectivity index (χ1v) is 8.18. The van der Waals surface area contributed by atoms with Crippen molar-refractivity contribution in [2.24, 2.45) is 20.0 Å². The van der Waals surface area contributed by atoms with E-state index in [9.17, 15) is 25.1 Å². The maximum absolute atomic E-state index is 12.1. The first-order valence-electron chi connectivity index (χ1n) is 8.18. The molecule has 1 aromatic heterocycles. The molecule has 2 atom stereocenters. The van der Waals surface area contributed by atoms with Gasteiger partial charge < -0.3 is 15.5 Å². The Hall–Kier alpha value is -2.11. The number of aliphatic hydroxyl groups excluding tert-OH is 2. The minimum absolute atomic E-state index is 0.0273. The van der Waals surface area contributed by atoms with Crippen molar-refractivity contribution in [3.05, 3.63) is 26.4 Å². The Morgan fingerprint density at radius 1 is 1.25 bits per heavy atom. The maximum atomic E-state index is 12.1. The monoisotopic (exact) mass is 336 g/mol. The summed E-state index contributed by atoms with van der Waals surface area (Å²) in [5.74, 6) is 0.0806. The first kappa shape index (κ1) is 18.2. The predicted molar refractivity (Wildman–Crippen MR) is 88.7 cm³/mol. The van der Waals surface area contributed by atoms with Gasteiger partial charge in [-0.2, -0.15) is 5.26 Å². The zero-order chi connectivity index (χ0) is 17.9. The van der Waals surface area contributed by atoms with E-state index >= 15 is 0 Å². The van der Waals surface area contributed by atoms with Crippen LogP contribution in [0.15, 0.2) is 9.59 Å². The highest BCUT2D eigenvalue weighted by molar-refractivity contribution is 5.52. The minimum atomic E-state index is -0.819. The smallest absolute Gasteiger partial charge is 0.332 e. The van der Waals surface area contributed by atoms with E-state index in [1.54, 1.807) is 6.07 Å². The zero-order valence-corrected chi connectivity index (χ0v) is 14.0. The van der Waals surface area contributed by atoms with Crippen LogP contribution in [0.25, 0.3) is 0 Å². The average Bonchev–Trinajstić information content (AvgIpc) is 2.62. The average molecular weight is 336 g/mol. The molecular formula is C16H24N4O4. The summed E-state index contributed by atoms with van der Waals surface area (Å²) >= 11 is 0. The Labute approximate surface area is 140 Å². The zero-order valence-electron chi connectivity index (χ0n) is 14.0. The minimum Gasteiger partial charge on any atom is -0.394 e. The molecule has 0 saturated heterocycles. The Morgan fingerprint density at radius 2 is 1.88 bits per heavy atom. The quantitative estimate of drug-likeness (QED) is 0.677. The third-order valence-corrected chi connectivity index (χ3v) is 4.84. The van der Waals surface area contributed by atoms with Gasteiger partial charge in [0.05, 0.1) is 18.8 Å². The molecule has 0 amide bonds. The van der Waals surface area contributed by atoms with Gasteiger partial charge in [-0.3, -0.25) is 13.9 Å². The number of rotatable bonds is 5. The van der Waals surface area contributed by atoms with E-state index in [2.05, 4.69) is 5.32 Å². The van der Waals surface area contributed by atoms with Crippen molar-refractivity contribution in [1.29, 1.82) is 5.26 Å². The summed E-state index contributed by atoms with van der Waals surface area (Å²) in [4.78, 5) is 24.2. The third-order valence-electron chi connectivity index (χ3n) is 4.84. The highest BCUT2D eigenvalue weighted by Crippen LogP contribution is 2.28. The van der Waals surface area contributed by atoms with Gasteiger partial charge >= 0.3 is 5.69 Å². The van der Waals surface area contributed by atoms with Crippen LogP contribution in [0.3, 0.4) is 0 Å². The number of hydrogen-bond acceptors (Lipinski definition) is 6. The molecule has 0 unspecified atom stereocenters. The summed E-state index contributed by atoms with van der Waals surface area (Å²) < 4.78 is 2.01. The van der Waals surface area contributed by atoms with Crippen LogP contribution in [0.5, 0.6) is 0 Å². The lowest BCUT2D eigenvalue weighted by molar-refractivity contribution is 0.0491. The van der Waals surface area contributed by atoms with Gasteiger partial charge in [-0.15, -0.1) is 0 Å². The van der Waals surface area contributed by atoms with Crippen molar-refractivity contribution in [3.63, 3.8) is 0 Å². The normalized spacial score (nSPS) is 18.0. The fraction of sp³-hybridized carbons (Fsp3) is 0.688. The van der Waals surface area contributed by atoms with Gasteiger partial charge in [-0.25, -0.2) is 4.79 Å². The Morgan fingerprint density at radius 3 is 2.42 bits per heavy atom. The van der Waals surface area contributed by atoms with Crippen LogP contribution < -0.4 is 16.6 Å². The van der Waals surface area contributed by atoms with Crippen LogP contribution in [0.4, 0.5) is 5.82 Å². The van der Waals surface area contributed by atoms with E-state index in [1.165, 1.54) is 14.1 Å². The molecule has 0 spiro atoms. The van der Waals surface area contributed by atoms with Crippen LogP contribution in [-0.4, -0.2) is 38.1 Å². The molecule has 132 valence electrons. The van der Waals surface area contributed by atoms with E-state index in [0.717, 1.165) is 41.2 Å². The van der Waals surface area contributed by atoms with Crippen molar-refractivity contribution >= 4 is 5.82 Å². The highest BCUT2D eigenvalue weighted by Gasteiger charge is 2.30. The molecular weight excluding hydrogens is 312 g/mol. The lowest BCUT2D eigenvalue weighted by Gasteiger charge is -2.32. The van der Waals surface area contributed by atoms with Crippen LogP contribution >= 0.6 is 0 Å². The molecule has 0 radical (unpaired) electrons. The summed E-state index contributed by atoms with van der Waals surface area (Å²) in [6.07, 6.45) is 4.14. The summed E-state index contributed by atoms with van der Waals surface area (Å²) in [5, 5.41) is 32.3. The molecule has 1 aliphatic rings. The number of anilines is 1. The second kappa shape index (κ2) is 7.64. The summed E-state index contributed by atoms with van der Waals surface area (Å²) in [6, 6.07) is 1.05. The van der Waals surface area contributed by atoms with Gasteiger partial charge in [0.25, 0.3) is 5.56 Å². The number of nitrogens with zero attached hydrogens (tertiary/aromatic N) is 3. The van der Waals surface area contributed by atoms with Crippen molar-refractivity contribution < 1.29 is 10.2 Å². The maximum Gasteiger partial charge on any atom is 0.332 e. The first-order chi connectivity index (χ1) is 11.4. The second-order valence-corrected chi connectivity index (χ2v) is 6.36. The molecule has 0 aliphatic heterocycles. The fourth-order valence-electron chi connectivity index (χ4n) is 3.33. The number of hydrogen-bond donors (Lipinski definition) is 3. The topological polar surface area (TPSA) is 120 Å². The number of nitrogens with one attached hydrogen (secondary N) is 1. The molecule has 1 heterocycles. The molecule has 24 heavy (non-hydrogen) atoms. The highest BCUT2D eigenvalue weighted by atomic mass is 16.3. The molecule has 0 aromatic carbocycles. The molecule has 1 aliphatic carbocycles. The third kappa shape index (κ3) is 3.37. The van der Waals surface area contributed by atoms with Crippen LogP contribution in [-0.2, 0) is 14.1 Å². The van der Waals surface area contributed by atoms with Crippen LogP contribution in [0, 0.1) is 17.2 Å². The van der Waals surface area contributed by atoms with Gasteiger partial charge in [-0.05, 0) is 18.8 Å². The number of nitriles is 1. The van der Waals surface area contributed by atoms with Crippen molar-refractivity contribution in [2.45, 2.75) is 44.2 Å². The molecule has 8 nitrogen and oxygen atoms in total. The van der Waals surface area contributed by atoms with Crippen molar-refractivity contribution in [1.82, 2.24) is 9.13 Å². The van der Waals surface area contributed by atoms with Crippen LogP contribution in [0.1, 0.15) is 37.7 Å². The van der Waals surface area contributed by atoms with Crippen LogP contribution in [0.2, 0.25) is 0 Å². The molecule has 3 N–H and O–H groups in total. The molecule has 8 heteroatoms. The van der Waals surface area contributed by atoms with Gasteiger partial charge in [-0.1, -0.05) is 19.3 Å². The lowest BCUT2D eigenvalue weighted by atomic mass is 9.83. The molecule has 0 bridgehead atoms. The Balaban J connectivity index is 2.36. The fourth-order valence-corrected chi connectivity index (χ4v) is 3.33. The van der Waals surface area contributed by atoms with Gasteiger partial charge in [0.15, 0.2) is 5.56 Å². The van der Waals surface area contributed by atoms with Gasteiger partial charge in [0, 0.05) is 14.1 Å². The van der Waals surface area contributed by atoms with E-state index in [4.69, 9.17) is 0 Å². The predicted octanol–water partition coefficient (Wildman–Crippen LogP) is -0.330. The van der Waals surface area contributed by atoms with E-state index < -0.39 is 23.4 Å². The van der Waals surface area contributed by atoms with Gasteiger partial charge in [0.2, 0.25) is 0 Å². The number of aromatic nitrogens is 2. The second-order valence-electron chi connectivity index (χ2n) is 6.36. The van der Waals surface area contributed by atoms with E-state index in [1.807, 2.05) is 0 Å². The SMILES string of the molecule is Cn1c(N[C@H](CO)[C@@H](O)C2CCCCC2)c(C#N)c(=O)n(C)c1=O.